The van der Waals surface area contributed by atoms with Crippen LogP contribution in [-0.2, 0) is 0 Å². The largest absolute Gasteiger partial charge is 0.327 e. The van der Waals surface area contributed by atoms with E-state index in [0.717, 1.165) is 5.56 Å². The van der Waals surface area contributed by atoms with Crippen LogP contribution in [0.3, 0.4) is 0 Å². The van der Waals surface area contributed by atoms with Crippen LogP contribution in [0.1, 0.15) is 5.56 Å². The number of hydrogen-bond donors (Lipinski definition) is 1. The third kappa shape index (κ3) is 2.47. The maximum absolute atomic E-state index is 12.2. The molecule has 0 aliphatic heterocycles. The molecule has 1 aromatic rings. The molecule has 3 heteroatoms. The van der Waals surface area contributed by atoms with E-state index < -0.39 is 5.95 Å². The van der Waals surface area contributed by atoms with E-state index in [9.17, 15) is 4.39 Å². The van der Waals surface area contributed by atoms with Gasteiger partial charge in [-0.25, -0.2) is 4.98 Å². The zero-order valence-electron chi connectivity index (χ0n) is 6.00. The van der Waals surface area contributed by atoms with Crippen molar-refractivity contribution < 1.29 is 4.39 Å². The van der Waals surface area contributed by atoms with Crippen LogP contribution >= 0.6 is 0 Å². The maximum Gasteiger partial charge on any atom is 0.212 e. The van der Waals surface area contributed by atoms with Crippen LogP contribution in [0.25, 0.3) is 6.08 Å². The first-order valence-corrected chi connectivity index (χ1v) is 3.31. The van der Waals surface area contributed by atoms with Gasteiger partial charge in [-0.15, -0.1) is 0 Å². The van der Waals surface area contributed by atoms with Crippen molar-refractivity contribution in [3.63, 3.8) is 0 Å². The summed E-state index contributed by atoms with van der Waals surface area (Å²) in [5.41, 5.74) is 6.08. The summed E-state index contributed by atoms with van der Waals surface area (Å²) in [5.74, 6) is -0.463. The number of aromatic nitrogens is 1. The molecule has 0 spiro atoms. The molecule has 0 unspecified atom stereocenters. The van der Waals surface area contributed by atoms with Crippen LogP contribution in [0.4, 0.5) is 4.39 Å². The van der Waals surface area contributed by atoms with Gasteiger partial charge in [0.1, 0.15) is 0 Å². The molecule has 58 valence electrons. The maximum atomic E-state index is 12.2. The summed E-state index contributed by atoms with van der Waals surface area (Å²) in [7, 11) is 0. The second-order valence-electron chi connectivity index (χ2n) is 2.05. The summed E-state index contributed by atoms with van der Waals surface area (Å²) in [4.78, 5) is 3.47. The Morgan fingerprint density at radius 2 is 2.36 bits per heavy atom. The van der Waals surface area contributed by atoms with Crippen LogP contribution in [0, 0.1) is 5.95 Å². The molecule has 0 bridgehead atoms. The van der Waals surface area contributed by atoms with Crippen LogP contribution in [-0.4, -0.2) is 11.5 Å². The number of pyridine rings is 1. The Bertz CT molecular complexity index is 241. The van der Waals surface area contributed by atoms with E-state index in [1.54, 1.807) is 18.2 Å². The lowest BCUT2D eigenvalue weighted by Crippen LogP contribution is -1.92. The van der Waals surface area contributed by atoms with Gasteiger partial charge in [0.05, 0.1) is 0 Å². The minimum absolute atomic E-state index is 0.463. The first-order chi connectivity index (χ1) is 5.33. The first-order valence-electron chi connectivity index (χ1n) is 3.31. The normalized spacial score (nSPS) is 10.7. The summed E-state index contributed by atoms with van der Waals surface area (Å²) in [5, 5.41) is 0. The summed E-state index contributed by atoms with van der Waals surface area (Å²) < 4.78 is 12.2. The lowest BCUT2D eigenvalue weighted by molar-refractivity contribution is 0.583. The fourth-order valence-corrected chi connectivity index (χ4v) is 0.690. The van der Waals surface area contributed by atoms with Gasteiger partial charge in [-0.05, 0) is 17.7 Å². The van der Waals surface area contributed by atoms with Crippen molar-refractivity contribution in [3.8, 4) is 0 Å². The van der Waals surface area contributed by atoms with Crippen molar-refractivity contribution in [1.29, 1.82) is 0 Å². The lowest BCUT2D eigenvalue weighted by atomic mass is 10.2. The predicted octanol–water partition coefficient (Wildman–Crippen LogP) is 1.19. The molecule has 0 aliphatic carbocycles. The molecule has 1 heterocycles. The average Bonchev–Trinajstić information content (AvgIpc) is 2.04. The fraction of sp³-hybridized carbons (Fsp3) is 0.125. The van der Waals surface area contributed by atoms with Gasteiger partial charge in [0.15, 0.2) is 0 Å². The molecule has 0 radical (unpaired) electrons. The van der Waals surface area contributed by atoms with Gasteiger partial charge < -0.3 is 5.73 Å². The summed E-state index contributed by atoms with van der Waals surface area (Å²) in [6.45, 7) is 0.484. The van der Waals surface area contributed by atoms with E-state index >= 15 is 0 Å². The minimum atomic E-state index is -0.463. The first kappa shape index (κ1) is 7.88. The van der Waals surface area contributed by atoms with Crippen molar-refractivity contribution in [2.45, 2.75) is 0 Å². The molecule has 0 aliphatic rings. The highest BCUT2D eigenvalue weighted by atomic mass is 19.1. The van der Waals surface area contributed by atoms with Gasteiger partial charge in [0, 0.05) is 12.7 Å². The highest BCUT2D eigenvalue weighted by molar-refractivity contribution is 5.47. The minimum Gasteiger partial charge on any atom is -0.327 e. The highest BCUT2D eigenvalue weighted by Gasteiger charge is 1.88. The van der Waals surface area contributed by atoms with Gasteiger partial charge in [-0.3, -0.25) is 0 Å². The van der Waals surface area contributed by atoms with Crippen molar-refractivity contribution in [1.82, 2.24) is 4.98 Å². The molecule has 0 saturated carbocycles. The van der Waals surface area contributed by atoms with E-state index in [2.05, 4.69) is 4.98 Å². The molecule has 1 aromatic heterocycles. The molecule has 1 rings (SSSR count). The monoisotopic (exact) mass is 152 g/mol. The van der Waals surface area contributed by atoms with E-state index in [4.69, 9.17) is 5.73 Å². The molecule has 11 heavy (non-hydrogen) atoms. The third-order valence-corrected chi connectivity index (χ3v) is 1.20. The molecular weight excluding hydrogens is 143 g/mol. The van der Waals surface area contributed by atoms with Crippen LogP contribution < -0.4 is 5.73 Å². The van der Waals surface area contributed by atoms with Crippen molar-refractivity contribution in [2.75, 3.05) is 6.54 Å². The Hall–Kier alpha value is -1.22. The Balaban J connectivity index is 2.73. The van der Waals surface area contributed by atoms with Crippen LogP contribution in [0.2, 0.25) is 0 Å². The topological polar surface area (TPSA) is 38.9 Å². The number of halogens is 1. The Kier molecular flexibility index (Phi) is 2.74. The van der Waals surface area contributed by atoms with Gasteiger partial charge in [-0.2, -0.15) is 4.39 Å². The zero-order chi connectivity index (χ0) is 8.10. The molecule has 0 fully saturated rings. The van der Waals surface area contributed by atoms with Gasteiger partial charge in [-0.1, -0.05) is 12.2 Å². The summed E-state index contributed by atoms with van der Waals surface area (Å²) in [6.07, 6.45) is 5.04. The Morgan fingerprint density at radius 3 is 2.91 bits per heavy atom. The number of rotatable bonds is 2. The second kappa shape index (κ2) is 3.83. The standard InChI is InChI=1S/C8H9FN2/c9-8-4-3-7(6-11-8)2-1-5-10/h1-4,6H,5,10H2/b2-1+. The lowest BCUT2D eigenvalue weighted by Gasteiger charge is -1.90. The second-order valence-corrected chi connectivity index (χ2v) is 2.05. The highest BCUT2D eigenvalue weighted by Crippen LogP contribution is 2.00. The van der Waals surface area contributed by atoms with E-state index in [1.165, 1.54) is 12.3 Å². The van der Waals surface area contributed by atoms with E-state index in [-0.39, 0.29) is 0 Å². The zero-order valence-corrected chi connectivity index (χ0v) is 6.00. The van der Waals surface area contributed by atoms with Crippen molar-refractivity contribution >= 4 is 6.08 Å². The molecule has 2 nitrogen and oxygen atoms in total. The predicted molar refractivity (Wildman–Crippen MR) is 42.3 cm³/mol. The SMILES string of the molecule is NC/C=C/c1ccc(F)nc1. The van der Waals surface area contributed by atoms with E-state index in [1.807, 2.05) is 0 Å². The van der Waals surface area contributed by atoms with Gasteiger partial charge in [0.25, 0.3) is 0 Å². The van der Waals surface area contributed by atoms with Crippen molar-refractivity contribution in [2.24, 2.45) is 5.73 Å². The van der Waals surface area contributed by atoms with Crippen LogP contribution in [0.15, 0.2) is 24.4 Å². The Morgan fingerprint density at radius 1 is 1.55 bits per heavy atom. The number of nitrogens with two attached hydrogens (primary N) is 1. The van der Waals surface area contributed by atoms with E-state index in [0.29, 0.717) is 6.54 Å². The Labute approximate surface area is 64.6 Å². The number of hydrogen-bond acceptors (Lipinski definition) is 2. The number of nitrogens with zero attached hydrogens (tertiary/aromatic N) is 1. The quantitative estimate of drug-likeness (QED) is 0.646. The van der Waals surface area contributed by atoms with Crippen molar-refractivity contribution in [3.05, 3.63) is 35.9 Å². The van der Waals surface area contributed by atoms with Gasteiger partial charge in [0.2, 0.25) is 5.95 Å². The fourth-order valence-electron chi connectivity index (χ4n) is 0.690. The summed E-state index contributed by atoms with van der Waals surface area (Å²) in [6, 6.07) is 2.96. The molecule has 0 amide bonds. The molecular formula is C8H9FN2. The average molecular weight is 152 g/mol. The third-order valence-electron chi connectivity index (χ3n) is 1.20. The molecule has 2 N–H and O–H groups in total. The van der Waals surface area contributed by atoms with Gasteiger partial charge >= 0.3 is 0 Å². The smallest absolute Gasteiger partial charge is 0.212 e. The molecule has 0 atom stereocenters. The molecule has 0 aromatic carbocycles. The summed E-state index contributed by atoms with van der Waals surface area (Å²) >= 11 is 0. The van der Waals surface area contributed by atoms with Crippen LogP contribution in [0.5, 0.6) is 0 Å². The molecule has 0 saturated heterocycles.